The van der Waals surface area contributed by atoms with Gasteiger partial charge in [-0.05, 0) is 33.0 Å². The molecule has 0 fully saturated rings. The molecule has 0 aliphatic heterocycles. The molecule has 0 spiro atoms. The largest absolute Gasteiger partial charge is 0.369 e. The minimum Gasteiger partial charge on any atom is -0.369 e. The van der Waals surface area contributed by atoms with Gasteiger partial charge >= 0.3 is 0 Å². The van der Waals surface area contributed by atoms with Crippen LogP contribution in [-0.4, -0.2) is 50.2 Å². The van der Waals surface area contributed by atoms with Gasteiger partial charge in [0.1, 0.15) is 11.6 Å². The highest BCUT2D eigenvalue weighted by Crippen LogP contribution is 2.31. The standard InChI is InChI=1S/C15H26Cl2N4/c1-6-18-14-12(16)9-13(17)15(19-14)21(10-11(2)3)8-7-20(4)5/h9,11H,6-8,10H2,1-5H3,(H,18,19). The van der Waals surface area contributed by atoms with Crippen molar-refractivity contribution in [3.05, 3.63) is 16.1 Å². The van der Waals surface area contributed by atoms with Crippen LogP contribution in [0.25, 0.3) is 0 Å². The Morgan fingerprint density at radius 2 is 1.86 bits per heavy atom. The van der Waals surface area contributed by atoms with Gasteiger partial charge in [0.2, 0.25) is 0 Å². The van der Waals surface area contributed by atoms with Crippen LogP contribution >= 0.6 is 23.2 Å². The third-order valence-electron chi connectivity index (χ3n) is 2.96. The SMILES string of the molecule is CCNc1nc(N(CCN(C)C)CC(C)C)c(Cl)cc1Cl. The molecule has 1 aromatic heterocycles. The first kappa shape index (κ1) is 18.3. The number of hydrogen-bond acceptors (Lipinski definition) is 4. The molecule has 6 heteroatoms. The van der Waals surface area contributed by atoms with Gasteiger partial charge in [0, 0.05) is 26.2 Å². The van der Waals surface area contributed by atoms with Crippen LogP contribution in [0.3, 0.4) is 0 Å². The summed E-state index contributed by atoms with van der Waals surface area (Å²) in [6.07, 6.45) is 0. The van der Waals surface area contributed by atoms with Crippen molar-refractivity contribution in [3.8, 4) is 0 Å². The van der Waals surface area contributed by atoms with Gasteiger partial charge in [-0.15, -0.1) is 0 Å². The number of likely N-dealkylation sites (N-methyl/N-ethyl adjacent to an activating group) is 1. The van der Waals surface area contributed by atoms with Crippen molar-refractivity contribution in [2.45, 2.75) is 20.8 Å². The summed E-state index contributed by atoms with van der Waals surface area (Å²) in [6, 6.07) is 1.77. The highest BCUT2D eigenvalue weighted by Gasteiger charge is 2.16. The van der Waals surface area contributed by atoms with Crippen molar-refractivity contribution in [2.24, 2.45) is 5.92 Å². The zero-order valence-corrected chi connectivity index (χ0v) is 15.1. The smallest absolute Gasteiger partial charge is 0.150 e. The van der Waals surface area contributed by atoms with Gasteiger partial charge < -0.3 is 15.1 Å². The molecule has 0 amide bonds. The Morgan fingerprint density at radius 3 is 2.38 bits per heavy atom. The molecule has 0 bridgehead atoms. The zero-order valence-electron chi connectivity index (χ0n) is 13.6. The molecule has 1 rings (SSSR count). The number of aromatic nitrogens is 1. The van der Waals surface area contributed by atoms with Crippen LogP contribution in [0, 0.1) is 5.92 Å². The van der Waals surface area contributed by atoms with Crippen LogP contribution in [0.2, 0.25) is 10.0 Å². The maximum atomic E-state index is 6.37. The average Bonchev–Trinajstić information content (AvgIpc) is 2.37. The second kappa shape index (κ2) is 8.66. The van der Waals surface area contributed by atoms with Crippen molar-refractivity contribution in [1.29, 1.82) is 0 Å². The second-order valence-corrected chi connectivity index (χ2v) is 6.61. The van der Waals surface area contributed by atoms with Crippen molar-refractivity contribution >= 4 is 34.8 Å². The number of halogens is 2. The highest BCUT2D eigenvalue weighted by atomic mass is 35.5. The lowest BCUT2D eigenvalue weighted by Gasteiger charge is -2.28. The van der Waals surface area contributed by atoms with Crippen LogP contribution in [0.1, 0.15) is 20.8 Å². The number of nitrogens with one attached hydrogen (secondary N) is 1. The molecule has 0 aliphatic carbocycles. The third-order valence-corrected chi connectivity index (χ3v) is 3.52. The van der Waals surface area contributed by atoms with E-state index in [0.717, 1.165) is 32.0 Å². The molecule has 1 aromatic rings. The van der Waals surface area contributed by atoms with E-state index in [-0.39, 0.29) is 0 Å². The van der Waals surface area contributed by atoms with E-state index in [0.29, 0.717) is 21.8 Å². The summed E-state index contributed by atoms with van der Waals surface area (Å²) in [7, 11) is 4.13. The number of pyridine rings is 1. The summed E-state index contributed by atoms with van der Waals surface area (Å²) in [5.74, 6) is 2.02. The molecule has 21 heavy (non-hydrogen) atoms. The summed E-state index contributed by atoms with van der Waals surface area (Å²) >= 11 is 12.5. The van der Waals surface area contributed by atoms with E-state index in [9.17, 15) is 0 Å². The maximum Gasteiger partial charge on any atom is 0.150 e. The minimum absolute atomic E-state index is 0.531. The Kier molecular flexibility index (Phi) is 7.57. The summed E-state index contributed by atoms with van der Waals surface area (Å²) in [5.41, 5.74) is 0. The van der Waals surface area contributed by atoms with Crippen molar-refractivity contribution in [2.75, 3.05) is 50.5 Å². The highest BCUT2D eigenvalue weighted by molar-refractivity contribution is 6.37. The average molecular weight is 333 g/mol. The molecule has 0 radical (unpaired) electrons. The number of anilines is 2. The first-order valence-corrected chi connectivity index (χ1v) is 8.10. The van der Waals surface area contributed by atoms with Crippen LogP contribution in [-0.2, 0) is 0 Å². The number of nitrogens with zero attached hydrogens (tertiary/aromatic N) is 3. The monoisotopic (exact) mass is 332 g/mol. The number of hydrogen-bond donors (Lipinski definition) is 1. The first-order chi connectivity index (χ1) is 9.85. The Labute approximate surface area is 138 Å². The normalized spacial score (nSPS) is 11.3. The fourth-order valence-electron chi connectivity index (χ4n) is 2.02. The van der Waals surface area contributed by atoms with E-state index >= 15 is 0 Å². The van der Waals surface area contributed by atoms with E-state index < -0.39 is 0 Å². The van der Waals surface area contributed by atoms with E-state index in [1.54, 1.807) is 6.07 Å². The van der Waals surface area contributed by atoms with Crippen LogP contribution < -0.4 is 10.2 Å². The lowest BCUT2D eigenvalue weighted by Crippen LogP contribution is -2.35. The van der Waals surface area contributed by atoms with Crippen molar-refractivity contribution in [3.63, 3.8) is 0 Å². The Hall–Kier alpha value is -0.710. The maximum absolute atomic E-state index is 6.37. The van der Waals surface area contributed by atoms with Gasteiger partial charge in [-0.3, -0.25) is 0 Å². The van der Waals surface area contributed by atoms with E-state index in [4.69, 9.17) is 23.2 Å². The molecular weight excluding hydrogens is 307 g/mol. The predicted molar refractivity (Wildman–Crippen MR) is 94.0 cm³/mol. The van der Waals surface area contributed by atoms with Crippen LogP contribution in [0.4, 0.5) is 11.6 Å². The van der Waals surface area contributed by atoms with E-state index in [2.05, 4.69) is 48.0 Å². The van der Waals surface area contributed by atoms with Gasteiger partial charge in [0.15, 0.2) is 0 Å². The summed E-state index contributed by atoms with van der Waals surface area (Å²) < 4.78 is 0. The molecular formula is C15H26Cl2N4. The molecule has 0 atom stereocenters. The van der Waals surface area contributed by atoms with Crippen molar-refractivity contribution < 1.29 is 0 Å². The van der Waals surface area contributed by atoms with Gasteiger partial charge in [-0.25, -0.2) is 4.98 Å². The topological polar surface area (TPSA) is 31.4 Å². The third kappa shape index (κ3) is 5.89. The van der Waals surface area contributed by atoms with E-state index in [1.165, 1.54) is 0 Å². The van der Waals surface area contributed by atoms with Crippen LogP contribution in [0.15, 0.2) is 6.07 Å². The molecule has 0 unspecified atom stereocenters. The Balaban J connectivity index is 3.06. The van der Waals surface area contributed by atoms with E-state index in [1.807, 2.05) is 6.92 Å². The van der Waals surface area contributed by atoms with Crippen LogP contribution in [0.5, 0.6) is 0 Å². The number of rotatable bonds is 8. The molecule has 4 nitrogen and oxygen atoms in total. The molecule has 0 aliphatic rings. The lowest BCUT2D eigenvalue weighted by atomic mass is 10.2. The van der Waals surface area contributed by atoms with Crippen molar-refractivity contribution in [1.82, 2.24) is 9.88 Å². The fourth-order valence-corrected chi connectivity index (χ4v) is 2.56. The molecule has 0 saturated heterocycles. The zero-order chi connectivity index (χ0) is 16.0. The van der Waals surface area contributed by atoms with Gasteiger partial charge in [-0.1, -0.05) is 37.0 Å². The van der Waals surface area contributed by atoms with Gasteiger partial charge in [0.05, 0.1) is 10.0 Å². The Morgan fingerprint density at radius 1 is 1.19 bits per heavy atom. The molecule has 0 aromatic carbocycles. The molecule has 120 valence electrons. The minimum atomic E-state index is 0.531. The molecule has 0 saturated carbocycles. The molecule has 1 N–H and O–H groups in total. The van der Waals surface area contributed by atoms with Gasteiger partial charge in [0.25, 0.3) is 0 Å². The predicted octanol–water partition coefficient (Wildman–Crippen LogP) is 3.84. The summed E-state index contributed by atoms with van der Waals surface area (Å²) in [5, 5.41) is 4.33. The first-order valence-electron chi connectivity index (χ1n) is 7.34. The molecule has 1 heterocycles. The lowest BCUT2D eigenvalue weighted by molar-refractivity contribution is 0.408. The van der Waals surface area contributed by atoms with Gasteiger partial charge in [-0.2, -0.15) is 0 Å². The Bertz CT molecular complexity index is 450. The fraction of sp³-hybridized carbons (Fsp3) is 0.667. The second-order valence-electron chi connectivity index (χ2n) is 5.80. The quantitative estimate of drug-likeness (QED) is 0.783. The summed E-state index contributed by atoms with van der Waals surface area (Å²) in [4.78, 5) is 9.01. The summed E-state index contributed by atoms with van der Waals surface area (Å²) in [6.45, 7) is 9.91.